The van der Waals surface area contributed by atoms with Crippen molar-refractivity contribution < 1.29 is 9.84 Å². The van der Waals surface area contributed by atoms with Crippen LogP contribution in [0.1, 0.15) is 16.7 Å². The lowest BCUT2D eigenvalue weighted by atomic mass is 10.1. The quantitative estimate of drug-likeness (QED) is 0.243. The van der Waals surface area contributed by atoms with Gasteiger partial charge in [-0.05, 0) is 35.4 Å². The normalized spacial score (nSPS) is 10.8. The topological polar surface area (TPSA) is 110 Å². The monoisotopic (exact) mass is 516 g/mol. The standard InChI is InChI=1S/C21H21IN6O2/c1-28(2)17-8-14(9-18(30-3)19(17)29)12-24-20-16(11-23)21(27-26-20)25-15-6-4-5-13(7-15)10-22/h4-9,12,29H,10H2,1-3H3,(H2,25,26,27)/b24-12+. The summed E-state index contributed by atoms with van der Waals surface area (Å²) in [7, 11) is 5.13. The molecule has 0 aliphatic heterocycles. The van der Waals surface area contributed by atoms with Crippen molar-refractivity contribution in [2.45, 2.75) is 4.43 Å². The molecule has 0 saturated heterocycles. The molecule has 0 fully saturated rings. The van der Waals surface area contributed by atoms with E-state index in [0.717, 1.165) is 10.1 Å². The van der Waals surface area contributed by atoms with Gasteiger partial charge in [0, 0.05) is 30.4 Å². The van der Waals surface area contributed by atoms with Crippen LogP contribution in [0.15, 0.2) is 41.4 Å². The summed E-state index contributed by atoms with van der Waals surface area (Å²) >= 11 is 2.30. The van der Waals surface area contributed by atoms with E-state index in [0.29, 0.717) is 34.2 Å². The lowest BCUT2D eigenvalue weighted by molar-refractivity contribution is 0.374. The number of H-pyrrole nitrogens is 1. The van der Waals surface area contributed by atoms with Crippen molar-refractivity contribution in [3.8, 4) is 17.6 Å². The van der Waals surface area contributed by atoms with Gasteiger partial charge in [-0.25, -0.2) is 4.99 Å². The van der Waals surface area contributed by atoms with Gasteiger partial charge in [0.05, 0.1) is 12.8 Å². The molecule has 0 aliphatic rings. The fourth-order valence-electron chi connectivity index (χ4n) is 2.82. The van der Waals surface area contributed by atoms with Gasteiger partial charge in [-0.3, -0.25) is 5.10 Å². The number of methoxy groups -OCH3 is 1. The van der Waals surface area contributed by atoms with E-state index in [1.165, 1.54) is 12.7 Å². The zero-order chi connectivity index (χ0) is 21.7. The number of anilines is 3. The molecular formula is C21H21IN6O2. The first-order valence-corrected chi connectivity index (χ1v) is 10.5. The molecule has 0 aliphatic carbocycles. The molecule has 1 heterocycles. The second-order valence-corrected chi connectivity index (χ2v) is 7.37. The molecule has 3 aromatic rings. The molecule has 0 unspecified atom stereocenters. The number of phenols is 1. The number of aromatic nitrogens is 2. The van der Waals surface area contributed by atoms with Crippen molar-refractivity contribution >= 4 is 51.8 Å². The van der Waals surface area contributed by atoms with Crippen molar-refractivity contribution in [2.75, 3.05) is 31.4 Å². The van der Waals surface area contributed by atoms with Crippen molar-refractivity contribution in [1.82, 2.24) is 10.2 Å². The van der Waals surface area contributed by atoms with Crippen LogP contribution in [0.2, 0.25) is 0 Å². The Balaban J connectivity index is 1.90. The Morgan fingerprint density at radius 2 is 2.17 bits per heavy atom. The minimum atomic E-state index is 0.0547. The van der Waals surface area contributed by atoms with E-state index in [4.69, 9.17) is 4.74 Å². The van der Waals surface area contributed by atoms with Crippen molar-refractivity contribution in [2.24, 2.45) is 4.99 Å². The highest BCUT2D eigenvalue weighted by molar-refractivity contribution is 14.1. The molecule has 9 heteroatoms. The van der Waals surface area contributed by atoms with Crippen LogP contribution in [-0.4, -0.2) is 42.7 Å². The summed E-state index contributed by atoms with van der Waals surface area (Å²) in [5.74, 6) is 1.14. The van der Waals surface area contributed by atoms with Gasteiger partial charge in [0.2, 0.25) is 0 Å². The molecule has 0 spiro atoms. The highest BCUT2D eigenvalue weighted by Gasteiger charge is 2.14. The van der Waals surface area contributed by atoms with Gasteiger partial charge in [-0.15, -0.1) is 0 Å². The zero-order valence-corrected chi connectivity index (χ0v) is 18.9. The third kappa shape index (κ3) is 4.65. The average molecular weight is 516 g/mol. The molecule has 0 radical (unpaired) electrons. The van der Waals surface area contributed by atoms with E-state index in [1.54, 1.807) is 23.2 Å². The number of phenolic OH excluding ortho intramolecular Hbond substituents is 1. The summed E-state index contributed by atoms with van der Waals surface area (Å²) in [6, 6.07) is 13.5. The predicted molar refractivity (Wildman–Crippen MR) is 127 cm³/mol. The Kier molecular flexibility index (Phi) is 6.79. The van der Waals surface area contributed by atoms with Crippen LogP contribution in [-0.2, 0) is 4.43 Å². The number of aliphatic imine (C=N–C) groups is 1. The molecule has 3 N–H and O–H groups in total. The minimum absolute atomic E-state index is 0.0547. The maximum absolute atomic E-state index is 10.3. The second kappa shape index (κ2) is 9.49. The van der Waals surface area contributed by atoms with Crippen LogP contribution >= 0.6 is 22.6 Å². The molecule has 1 aromatic heterocycles. The molecule has 30 heavy (non-hydrogen) atoms. The van der Waals surface area contributed by atoms with Crippen LogP contribution in [0.3, 0.4) is 0 Å². The maximum atomic E-state index is 10.3. The zero-order valence-electron chi connectivity index (χ0n) is 16.8. The smallest absolute Gasteiger partial charge is 0.181 e. The first-order valence-electron chi connectivity index (χ1n) is 8.99. The molecule has 8 nitrogen and oxygen atoms in total. The maximum Gasteiger partial charge on any atom is 0.181 e. The highest BCUT2D eigenvalue weighted by atomic mass is 127. The number of alkyl halides is 1. The Hall–Kier alpha value is -3.26. The number of aromatic amines is 1. The largest absolute Gasteiger partial charge is 0.503 e. The summed E-state index contributed by atoms with van der Waals surface area (Å²) in [6.45, 7) is 0. The third-order valence-electron chi connectivity index (χ3n) is 4.32. The van der Waals surface area contributed by atoms with Crippen LogP contribution in [0.5, 0.6) is 11.5 Å². The Bertz CT molecular complexity index is 1120. The van der Waals surface area contributed by atoms with E-state index in [1.807, 2.05) is 38.4 Å². The highest BCUT2D eigenvalue weighted by Crippen LogP contribution is 2.36. The predicted octanol–water partition coefficient (Wildman–Crippen LogP) is 4.49. The number of nitrogens with zero attached hydrogens (tertiary/aromatic N) is 4. The van der Waals surface area contributed by atoms with Gasteiger partial charge in [0.15, 0.2) is 23.1 Å². The molecule has 154 valence electrons. The van der Waals surface area contributed by atoms with E-state index in [9.17, 15) is 10.4 Å². The summed E-state index contributed by atoms with van der Waals surface area (Å²) in [5.41, 5.74) is 3.63. The minimum Gasteiger partial charge on any atom is -0.503 e. The Morgan fingerprint density at radius 1 is 1.37 bits per heavy atom. The van der Waals surface area contributed by atoms with Crippen LogP contribution in [0.25, 0.3) is 0 Å². The van der Waals surface area contributed by atoms with Gasteiger partial charge in [-0.1, -0.05) is 34.7 Å². The first kappa shape index (κ1) is 21.4. The van der Waals surface area contributed by atoms with Crippen LogP contribution in [0, 0.1) is 11.3 Å². The number of ether oxygens (including phenoxy) is 1. The van der Waals surface area contributed by atoms with Gasteiger partial charge in [0.25, 0.3) is 0 Å². The second-order valence-electron chi connectivity index (χ2n) is 6.61. The SMILES string of the molecule is COc1cc(/C=N/c2[nH]nc(Nc3cccc(CI)c3)c2C#N)cc(N(C)C)c1O. The number of rotatable bonds is 7. The molecule has 2 aromatic carbocycles. The van der Waals surface area contributed by atoms with Crippen LogP contribution in [0.4, 0.5) is 23.0 Å². The first-order chi connectivity index (χ1) is 14.5. The number of hydrogen-bond acceptors (Lipinski definition) is 7. The van der Waals surface area contributed by atoms with Gasteiger partial charge in [0.1, 0.15) is 11.6 Å². The Labute approximate surface area is 188 Å². The lowest BCUT2D eigenvalue weighted by Crippen LogP contribution is -2.09. The Morgan fingerprint density at radius 3 is 2.83 bits per heavy atom. The molecule has 0 amide bonds. The number of benzene rings is 2. The van der Waals surface area contributed by atoms with Crippen LogP contribution < -0.4 is 15.0 Å². The van der Waals surface area contributed by atoms with Gasteiger partial charge >= 0.3 is 0 Å². The molecular weight excluding hydrogens is 495 g/mol. The third-order valence-corrected chi connectivity index (χ3v) is 5.21. The van der Waals surface area contributed by atoms with E-state index in [2.05, 4.69) is 49.2 Å². The number of nitriles is 1. The van der Waals surface area contributed by atoms with Gasteiger partial charge < -0.3 is 20.1 Å². The molecule has 0 bridgehead atoms. The lowest BCUT2D eigenvalue weighted by Gasteiger charge is -2.17. The number of halogens is 1. The average Bonchev–Trinajstić information content (AvgIpc) is 3.14. The van der Waals surface area contributed by atoms with E-state index >= 15 is 0 Å². The number of aromatic hydroxyl groups is 1. The summed E-state index contributed by atoms with van der Waals surface area (Å²) < 4.78 is 6.13. The molecule has 0 atom stereocenters. The van der Waals surface area contributed by atoms with E-state index < -0.39 is 0 Å². The van der Waals surface area contributed by atoms with Crippen molar-refractivity contribution in [3.05, 3.63) is 53.1 Å². The van der Waals surface area contributed by atoms with Crippen molar-refractivity contribution in [1.29, 1.82) is 5.26 Å². The summed E-state index contributed by atoms with van der Waals surface area (Å²) in [4.78, 5) is 6.16. The molecule has 0 saturated carbocycles. The summed E-state index contributed by atoms with van der Waals surface area (Å²) in [6.07, 6.45) is 1.59. The number of nitrogens with one attached hydrogen (secondary N) is 2. The fraction of sp³-hybridized carbons (Fsp3) is 0.190. The fourth-order valence-corrected chi connectivity index (χ4v) is 3.29. The van der Waals surface area contributed by atoms with E-state index in [-0.39, 0.29) is 5.75 Å². The number of hydrogen-bond donors (Lipinski definition) is 3. The van der Waals surface area contributed by atoms with Crippen molar-refractivity contribution in [3.63, 3.8) is 0 Å². The van der Waals surface area contributed by atoms with Gasteiger partial charge in [-0.2, -0.15) is 10.4 Å². The molecule has 3 rings (SSSR count). The summed E-state index contributed by atoms with van der Waals surface area (Å²) in [5, 5.41) is 30.0.